The van der Waals surface area contributed by atoms with Gasteiger partial charge in [-0.2, -0.15) is 13.2 Å². The Hall–Kier alpha value is -2.23. The van der Waals surface area contributed by atoms with Crippen molar-refractivity contribution in [3.8, 4) is 0 Å². The monoisotopic (exact) mass is 516 g/mol. The Kier molecular flexibility index (Phi) is 6.42. The number of nitrogens with zero attached hydrogens (tertiary/aromatic N) is 4. The topological polar surface area (TPSA) is 41.5 Å². The molecule has 36 heavy (non-hydrogen) atoms. The van der Waals surface area contributed by atoms with E-state index in [1.807, 2.05) is 0 Å². The highest BCUT2D eigenvalue weighted by Gasteiger charge is 2.48. The Balaban J connectivity index is 1.05. The molecule has 1 saturated carbocycles. The van der Waals surface area contributed by atoms with Gasteiger partial charge in [0.2, 0.25) is 0 Å². The number of halogens is 3. The Morgan fingerprint density at radius 1 is 1.03 bits per heavy atom. The van der Waals surface area contributed by atoms with Crippen molar-refractivity contribution < 1.29 is 17.9 Å². The number of alkyl halides is 3. The van der Waals surface area contributed by atoms with Crippen LogP contribution in [0.25, 0.3) is 10.2 Å². The summed E-state index contributed by atoms with van der Waals surface area (Å²) >= 11 is 1.12. The van der Waals surface area contributed by atoms with E-state index >= 15 is 0 Å². The van der Waals surface area contributed by atoms with E-state index in [1.165, 1.54) is 30.3 Å². The first-order chi connectivity index (χ1) is 17.3. The summed E-state index contributed by atoms with van der Waals surface area (Å²) in [4.78, 5) is 14.4. The van der Waals surface area contributed by atoms with Gasteiger partial charge in [0.15, 0.2) is 0 Å². The second kappa shape index (κ2) is 9.58. The first kappa shape index (κ1) is 24.1. The summed E-state index contributed by atoms with van der Waals surface area (Å²) in [5, 5.41) is 0.756. The van der Waals surface area contributed by atoms with Crippen LogP contribution in [0, 0.1) is 11.3 Å². The van der Waals surface area contributed by atoms with Crippen molar-refractivity contribution in [2.75, 3.05) is 44.3 Å². The van der Waals surface area contributed by atoms with Crippen LogP contribution < -0.4 is 4.90 Å². The lowest BCUT2D eigenvalue weighted by atomic mass is 9.60. The zero-order valence-electron chi connectivity index (χ0n) is 20.3. The number of morpholine rings is 1. The highest BCUT2D eigenvalue weighted by Crippen LogP contribution is 2.53. The number of thiophene rings is 1. The summed E-state index contributed by atoms with van der Waals surface area (Å²) in [7, 11) is 0. The fraction of sp³-hybridized carbons (Fsp3) is 0.556. The Bertz CT molecular complexity index is 1200. The maximum atomic E-state index is 12.9. The van der Waals surface area contributed by atoms with Crippen molar-refractivity contribution in [3.05, 3.63) is 52.7 Å². The lowest BCUT2D eigenvalue weighted by Gasteiger charge is -2.45. The van der Waals surface area contributed by atoms with Gasteiger partial charge in [-0.15, -0.1) is 11.3 Å². The Morgan fingerprint density at radius 3 is 2.53 bits per heavy atom. The molecule has 0 bridgehead atoms. The predicted octanol–water partition coefficient (Wildman–Crippen LogP) is 5.48. The summed E-state index contributed by atoms with van der Waals surface area (Å²) in [6.07, 6.45) is 1.01. The van der Waals surface area contributed by atoms with E-state index in [9.17, 15) is 13.2 Å². The summed E-state index contributed by atoms with van der Waals surface area (Å²) in [6, 6.07) is 10.7. The van der Waals surface area contributed by atoms with Gasteiger partial charge in [-0.1, -0.05) is 24.3 Å². The van der Waals surface area contributed by atoms with Crippen molar-refractivity contribution in [1.82, 2.24) is 14.9 Å². The molecule has 2 aromatic heterocycles. The fourth-order valence-corrected chi connectivity index (χ4v) is 7.34. The number of hydrogen-bond donors (Lipinski definition) is 0. The summed E-state index contributed by atoms with van der Waals surface area (Å²) in [5.74, 6) is 1.49. The third-order valence-corrected chi connectivity index (χ3v) is 9.02. The smallest absolute Gasteiger partial charge is 0.379 e. The minimum atomic E-state index is -4.21. The summed E-state index contributed by atoms with van der Waals surface area (Å²) < 4.78 is 44.1. The number of benzene rings is 1. The van der Waals surface area contributed by atoms with Gasteiger partial charge in [-0.25, -0.2) is 9.97 Å². The number of hydrogen-bond acceptors (Lipinski definition) is 6. The number of aromatic nitrogens is 2. The van der Waals surface area contributed by atoms with Crippen LogP contribution in [0.15, 0.2) is 36.7 Å². The van der Waals surface area contributed by atoms with E-state index < -0.39 is 12.6 Å². The van der Waals surface area contributed by atoms with Crippen LogP contribution in [0.5, 0.6) is 0 Å². The Morgan fingerprint density at radius 2 is 1.78 bits per heavy atom. The largest absolute Gasteiger partial charge is 0.393 e. The van der Waals surface area contributed by atoms with Gasteiger partial charge in [-0.05, 0) is 54.2 Å². The molecule has 0 unspecified atom stereocenters. The molecule has 3 aliphatic rings. The molecule has 2 saturated heterocycles. The van der Waals surface area contributed by atoms with Crippen LogP contribution in [0.3, 0.4) is 0 Å². The zero-order chi connectivity index (χ0) is 24.8. The molecule has 0 N–H and O–H groups in total. The molecule has 0 atom stereocenters. The van der Waals surface area contributed by atoms with E-state index in [0.29, 0.717) is 21.0 Å². The van der Waals surface area contributed by atoms with Crippen LogP contribution in [0.4, 0.5) is 19.0 Å². The zero-order valence-corrected chi connectivity index (χ0v) is 21.1. The molecule has 2 aliphatic heterocycles. The first-order valence-electron chi connectivity index (χ1n) is 12.8. The van der Waals surface area contributed by atoms with Crippen LogP contribution in [0.2, 0.25) is 0 Å². The van der Waals surface area contributed by atoms with E-state index in [0.717, 1.165) is 81.3 Å². The first-order valence-corrected chi connectivity index (χ1v) is 13.6. The van der Waals surface area contributed by atoms with Crippen LogP contribution in [-0.4, -0.2) is 60.4 Å². The molecule has 192 valence electrons. The molecular formula is C27H31F3N4OS. The SMILES string of the molecule is FC(F)(F)Cc1cc2c(N3CCC4(CC(Cc5ccc(CN6CCOCC6)cc5)C4)C3)ncnc2s1. The molecule has 3 aromatic rings. The molecule has 4 heterocycles. The molecule has 5 nitrogen and oxygen atoms in total. The van der Waals surface area contributed by atoms with Gasteiger partial charge in [-0.3, -0.25) is 4.90 Å². The number of ether oxygens (including phenoxy) is 1. The third-order valence-electron chi connectivity index (χ3n) is 7.97. The molecule has 0 radical (unpaired) electrons. The molecule has 6 rings (SSSR count). The highest BCUT2D eigenvalue weighted by atomic mass is 32.1. The van der Waals surface area contributed by atoms with Gasteiger partial charge >= 0.3 is 6.18 Å². The number of fused-ring (bicyclic) bond motifs is 1. The fourth-order valence-electron chi connectivity index (χ4n) is 6.32. The van der Waals surface area contributed by atoms with Gasteiger partial charge in [0.05, 0.1) is 25.0 Å². The minimum Gasteiger partial charge on any atom is -0.379 e. The maximum Gasteiger partial charge on any atom is 0.393 e. The van der Waals surface area contributed by atoms with Gasteiger partial charge < -0.3 is 9.64 Å². The minimum absolute atomic E-state index is 0.299. The second-order valence-electron chi connectivity index (χ2n) is 10.8. The van der Waals surface area contributed by atoms with Gasteiger partial charge in [0, 0.05) is 37.6 Å². The molecular weight excluding hydrogens is 485 g/mol. The van der Waals surface area contributed by atoms with Crippen molar-refractivity contribution in [3.63, 3.8) is 0 Å². The molecule has 0 amide bonds. The predicted molar refractivity (Wildman–Crippen MR) is 135 cm³/mol. The van der Waals surface area contributed by atoms with E-state index in [1.54, 1.807) is 6.07 Å². The molecule has 3 fully saturated rings. The average molecular weight is 517 g/mol. The molecule has 1 aliphatic carbocycles. The number of anilines is 1. The lowest BCUT2D eigenvalue weighted by molar-refractivity contribution is -0.126. The molecule has 1 aromatic carbocycles. The lowest BCUT2D eigenvalue weighted by Crippen LogP contribution is -2.40. The standard InChI is InChI=1S/C27H31F3N4OS/c28-27(29,30)15-22-12-23-24(31-18-32-25(23)36-22)34-6-5-26(17-34)13-21(14-26)11-19-1-3-20(4-2-19)16-33-7-9-35-10-8-33/h1-4,12,18,21H,5-11,13-17H2. The van der Waals surface area contributed by atoms with Crippen molar-refractivity contribution in [2.24, 2.45) is 11.3 Å². The van der Waals surface area contributed by atoms with Crippen LogP contribution >= 0.6 is 11.3 Å². The van der Waals surface area contributed by atoms with E-state index in [2.05, 4.69) is 44.0 Å². The third kappa shape index (κ3) is 5.24. The number of rotatable bonds is 6. The second-order valence-corrected chi connectivity index (χ2v) is 11.9. The van der Waals surface area contributed by atoms with Crippen LogP contribution in [0.1, 0.15) is 35.3 Å². The van der Waals surface area contributed by atoms with Crippen molar-refractivity contribution in [2.45, 2.75) is 44.8 Å². The summed E-state index contributed by atoms with van der Waals surface area (Å²) in [5.41, 5.74) is 3.08. The quantitative estimate of drug-likeness (QED) is 0.434. The van der Waals surface area contributed by atoms with Crippen molar-refractivity contribution >= 4 is 27.4 Å². The highest BCUT2D eigenvalue weighted by molar-refractivity contribution is 7.18. The van der Waals surface area contributed by atoms with E-state index in [4.69, 9.17) is 4.74 Å². The van der Waals surface area contributed by atoms with Crippen LogP contribution in [-0.2, 0) is 24.1 Å². The van der Waals surface area contributed by atoms with Gasteiger partial charge in [0.25, 0.3) is 0 Å². The molecule has 1 spiro atoms. The average Bonchev–Trinajstić information content (AvgIpc) is 3.44. The summed E-state index contributed by atoms with van der Waals surface area (Å²) in [6.45, 7) is 6.48. The normalized spacial score (nSPS) is 25.1. The van der Waals surface area contributed by atoms with Gasteiger partial charge in [0.1, 0.15) is 17.0 Å². The van der Waals surface area contributed by atoms with Crippen molar-refractivity contribution in [1.29, 1.82) is 0 Å². The van der Waals surface area contributed by atoms with E-state index in [-0.39, 0.29) is 0 Å². The Labute approximate surface area is 213 Å². The molecule has 9 heteroatoms. The maximum absolute atomic E-state index is 12.9.